The second-order valence-electron chi connectivity index (χ2n) is 4.04. The zero-order chi connectivity index (χ0) is 11.0. The van der Waals surface area contributed by atoms with Crippen molar-refractivity contribution in [1.82, 2.24) is 15.3 Å². The summed E-state index contributed by atoms with van der Waals surface area (Å²) in [6.45, 7) is 3.67. The molecule has 0 spiro atoms. The minimum Gasteiger partial charge on any atom is -0.383 e. The quantitative estimate of drug-likeness (QED) is 0.728. The molecule has 0 aromatic carbocycles. The number of rotatable bonds is 1. The predicted molar refractivity (Wildman–Crippen MR) is 66.5 cm³/mol. The third-order valence-electron chi connectivity index (χ3n) is 3.00. The van der Waals surface area contributed by atoms with E-state index in [2.05, 4.69) is 20.2 Å². The summed E-state index contributed by atoms with van der Waals surface area (Å²) >= 11 is 1.98. The maximum absolute atomic E-state index is 5.96. The van der Waals surface area contributed by atoms with E-state index in [0.29, 0.717) is 5.82 Å². The van der Waals surface area contributed by atoms with Crippen molar-refractivity contribution in [2.24, 2.45) is 0 Å². The molecule has 6 heteroatoms. The third kappa shape index (κ3) is 1.72. The second kappa shape index (κ2) is 4.10. The number of aromatic nitrogens is 2. The summed E-state index contributed by atoms with van der Waals surface area (Å²) in [5, 5.41) is 3.25. The lowest BCUT2D eigenvalue weighted by Gasteiger charge is -2.26. The Kier molecular flexibility index (Phi) is 2.61. The van der Waals surface area contributed by atoms with E-state index in [-0.39, 0.29) is 0 Å². The summed E-state index contributed by atoms with van der Waals surface area (Å²) in [7, 11) is 0. The van der Waals surface area contributed by atoms with Gasteiger partial charge in [0.1, 0.15) is 5.82 Å². The molecule has 0 saturated carbocycles. The Morgan fingerprint density at radius 1 is 1.19 bits per heavy atom. The van der Waals surface area contributed by atoms with Crippen LogP contribution in [-0.2, 0) is 13.1 Å². The van der Waals surface area contributed by atoms with E-state index in [0.717, 1.165) is 54.9 Å². The Bertz CT molecular complexity index is 402. The molecule has 3 N–H and O–H groups in total. The van der Waals surface area contributed by atoms with Crippen LogP contribution in [-0.4, -0.2) is 34.6 Å². The zero-order valence-electron chi connectivity index (χ0n) is 9.07. The number of hydrogen-bond acceptors (Lipinski definition) is 6. The fourth-order valence-electron chi connectivity index (χ4n) is 2.09. The minimum atomic E-state index is 0.642. The molecule has 0 radical (unpaired) electrons. The number of fused-ring (bicyclic) bond motifs is 1. The van der Waals surface area contributed by atoms with Crippen molar-refractivity contribution in [3.8, 4) is 0 Å². The summed E-state index contributed by atoms with van der Waals surface area (Å²) < 4.78 is 0. The van der Waals surface area contributed by atoms with Crippen molar-refractivity contribution < 1.29 is 0 Å². The summed E-state index contributed by atoms with van der Waals surface area (Å²) in [6, 6.07) is 0. The van der Waals surface area contributed by atoms with Crippen LogP contribution in [0, 0.1) is 0 Å². The van der Waals surface area contributed by atoms with Crippen LogP contribution in [0.1, 0.15) is 11.3 Å². The molecule has 1 saturated heterocycles. The maximum Gasteiger partial charge on any atom is 0.227 e. The van der Waals surface area contributed by atoms with Gasteiger partial charge in [0.15, 0.2) is 0 Å². The van der Waals surface area contributed by atoms with Gasteiger partial charge in [0.05, 0.1) is 5.69 Å². The molecule has 2 aliphatic rings. The standard InChI is InChI=1S/C10H15N5S/c11-9-7-5-12-6-8(7)13-10(14-9)15-1-3-16-4-2-15/h12H,1-6H2,(H2,11,13,14). The Balaban J connectivity index is 1.92. The molecule has 5 nitrogen and oxygen atoms in total. The van der Waals surface area contributed by atoms with Crippen molar-refractivity contribution in [3.05, 3.63) is 11.3 Å². The lowest BCUT2D eigenvalue weighted by atomic mass is 10.2. The number of nitrogens with zero attached hydrogens (tertiary/aromatic N) is 3. The molecule has 3 rings (SSSR count). The van der Waals surface area contributed by atoms with E-state index in [1.54, 1.807) is 0 Å². The van der Waals surface area contributed by atoms with E-state index in [4.69, 9.17) is 5.73 Å². The lowest BCUT2D eigenvalue weighted by Crippen LogP contribution is -2.34. The average molecular weight is 237 g/mol. The Morgan fingerprint density at radius 3 is 2.81 bits per heavy atom. The fraction of sp³-hybridized carbons (Fsp3) is 0.600. The molecule has 0 bridgehead atoms. The predicted octanol–water partition coefficient (Wildman–Crippen LogP) is 0.215. The SMILES string of the molecule is Nc1nc(N2CCSCC2)nc2c1CNC2. The first kappa shape index (κ1) is 10.2. The molecule has 16 heavy (non-hydrogen) atoms. The van der Waals surface area contributed by atoms with Gasteiger partial charge >= 0.3 is 0 Å². The number of anilines is 2. The summed E-state index contributed by atoms with van der Waals surface area (Å²) in [4.78, 5) is 11.2. The molecule has 0 atom stereocenters. The monoisotopic (exact) mass is 237 g/mol. The molecule has 0 unspecified atom stereocenters. The fourth-order valence-corrected chi connectivity index (χ4v) is 2.99. The van der Waals surface area contributed by atoms with Crippen LogP contribution < -0.4 is 16.0 Å². The molecular weight excluding hydrogens is 222 g/mol. The van der Waals surface area contributed by atoms with Gasteiger partial charge in [0.2, 0.25) is 5.95 Å². The zero-order valence-corrected chi connectivity index (χ0v) is 9.89. The van der Waals surface area contributed by atoms with Crippen LogP contribution in [0.3, 0.4) is 0 Å². The largest absolute Gasteiger partial charge is 0.383 e. The van der Waals surface area contributed by atoms with Gasteiger partial charge in [0, 0.05) is 43.2 Å². The van der Waals surface area contributed by atoms with Crippen LogP contribution in [0.15, 0.2) is 0 Å². The Labute approximate surface area is 98.8 Å². The summed E-state index contributed by atoms with van der Waals surface area (Å²) in [6.07, 6.45) is 0. The van der Waals surface area contributed by atoms with Crippen molar-refractivity contribution in [2.75, 3.05) is 35.2 Å². The molecule has 2 aliphatic heterocycles. The van der Waals surface area contributed by atoms with Crippen LogP contribution in [0.5, 0.6) is 0 Å². The number of nitrogens with two attached hydrogens (primary N) is 1. The highest BCUT2D eigenvalue weighted by Gasteiger charge is 2.20. The summed E-state index contributed by atoms with van der Waals surface area (Å²) in [5.41, 5.74) is 8.11. The van der Waals surface area contributed by atoms with Crippen molar-refractivity contribution in [3.63, 3.8) is 0 Å². The topological polar surface area (TPSA) is 67.1 Å². The van der Waals surface area contributed by atoms with Crippen LogP contribution in [0.4, 0.5) is 11.8 Å². The molecule has 1 aromatic heterocycles. The number of thioether (sulfide) groups is 1. The van der Waals surface area contributed by atoms with Gasteiger partial charge in [-0.2, -0.15) is 16.7 Å². The molecule has 1 fully saturated rings. The van der Waals surface area contributed by atoms with E-state index in [9.17, 15) is 0 Å². The number of nitrogen functional groups attached to an aromatic ring is 1. The van der Waals surface area contributed by atoms with Gasteiger partial charge < -0.3 is 16.0 Å². The van der Waals surface area contributed by atoms with Gasteiger partial charge in [-0.05, 0) is 0 Å². The highest BCUT2D eigenvalue weighted by atomic mass is 32.2. The first-order chi connectivity index (χ1) is 7.84. The van der Waals surface area contributed by atoms with Crippen molar-refractivity contribution >= 4 is 23.5 Å². The third-order valence-corrected chi connectivity index (χ3v) is 3.94. The first-order valence-electron chi connectivity index (χ1n) is 5.53. The molecule has 0 aliphatic carbocycles. The molecular formula is C10H15N5S. The molecule has 0 amide bonds. The highest BCUT2D eigenvalue weighted by molar-refractivity contribution is 7.99. The maximum atomic E-state index is 5.96. The average Bonchev–Trinajstić information content (AvgIpc) is 2.79. The molecule has 1 aromatic rings. The molecule has 3 heterocycles. The lowest BCUT2D eigenvalue weighted by molar-refractivity contribution is 0.755. The van der Waals surface area contributed by atoms with E-state index >= 15 is 0 Å². The smallest absolute Gasteiger partial charge is 0.227 e. The van der Waals surface area contributed by atoms with Crippen LogP contribution in [0.25, 0.3) is 0 Å². The summed E-state index contributed by atoms with van der Waals surface area (Å²) in [5.74, 6) is 3.75. The van der Waals surface area contributed by atoms with Crippen molar-refractivity contribution in [1.29, 1.82) is 0 Å². The number of nitrogens with one attached hydrogen (secondary N) is 1. The van der Waals surface area contributed by atoms with Crippen molar-refractivity contribution in [2.45, 2.75) is 13.1 Å². The van der Waals surface area contributed by atoms with E-state index in [1.807, 2.05) is 11.8 Å². The Morgan fingerprint density at radius 2 is 2.00 bits per heavy atom. The van der Waals surface area contributed by atoms with E-state index in [1.165, 1.54) is 0 Å². The van der Waals surface area contributed by atoms with Crippen LogP contribution >= 0.6 is 11.8 Å². The van der Waals surface area contributed by atoms with Gasteiger partial charge in [-0.1, -0.05) is 0 Å². The first-order valence-corrected chi connectivity index (χ1v) is 6.69. The van der Waals surface area contributed by atoms with Gasteiger partial charge in [-0.3, -0.25) is 0 Å². The molecule has 86 valence electrons. The number of hydrogen-bond donors (Lipinski definition) is 2. The van der Waals surface area contributed by atoms with Gasteiger partial charge in [-0.15, -0.1) is 0 Å². The Hall–Kier alpha value is -1.01. The second-order valence-corrected chi connectivity index (χ2v) is 5.26. The minimum absolute atomic E-state index is 0.642. The highest BCUT2D eigenvalue weighted by Crippen LogP contribution is 2.23. The van der Waals surface area contributed by atoms with Crippen LogP contribution in [0.2, 0.25) is 0 Å². The van der Waals surface area contributed by atoms with E-state index < -0.39 is 0 Å². The van der Waals surface area contributed by atoms with Gasteiger partial charge in [-0.25, -0.2) is 4.98 Å². The van der Waals surface area contributed by atoms with Gasteiger partial charge in [0.25, 0.3) is 0 Å². The normalized spacial score (nSPS) is 19.9.